The van der Waals surface area contributed by atoms with Crippen LogP contribution in [-0.2, 0) is 0 Å². The molecule has 0 bridgehead atoms. The lowest BCUT2D eigenvalue weighted by Gasteiger charge is -2.14. The van der Waals surface area contributed by atoms with Crippen LogP contribution >= 0.6 is 15.9 Å². The Morgan fingerprint density at radius 3 is 3.00 bits per heavy atom. The van der Waals surface area contributed by atoms with E-state index in [1.165, 1.54) is 0 Å². The summed E-state index contributed by atoms with van der Waals surface area (Å²) in [6.45, 7) is 3.95. The summed E-state index contributed by atoms with van der Waals surface area (Å²) < 4.78 is 0.924. The van der Waals surface area contributed by atoms with Gasteiger partial charge in [-0.3, -0.25) is 4.79 Å². The SMILES string of the molecule is CC1CCN(C(=O)c2cc(Br)c[nH]2)C1. The zero-order valence-corrected chi connectivity index (χ0v) is 9.67. The van der Waals surface area contributed by atoms with E-state index in [4.69, 9.17) is 0 Å². The number of nitrogens with one attached hydrogen (secondary N) is 1. The van der Waals surface area contributed by atoms with Gasteiger partial charge in [0.05, 0.1) is 0 Å². The number of aromatic nitrogens is 1. The van der Waals surface area contributed by atoms with Crippen molar-refractivity contribution in [2.75, 3.05) is 13.1 Å². The Hall–Kier alpha value is -0.770. The lowest BCUT2D eigenvalue weighted by atomic mass is 10.2. The Balaban J connectivity index is 2.09. The van der Waals surface area contributed by atoms with E-state index in [2.05, 4.69) is 27.8 Å². The number of halogens is 1. The zero-order chi connectivity index (χ0) is 10.1. The van der Waals surface area contributed by atoms with E-state index in [0.717, 1.165) is 24.0 Å². The van der Waals surface area contributed by atoms with Crippen molar-refractivity contribution in [3.8, 4) is 0 Å². The summed E-state index contributed by atoms with van der Waals surface area (Å²) >= 11 is 3.32. The fourth-order valence-electron chi connectivity index (χ4n) is 1.78. The van der Waals surface area contributed by atoms with Crippen LogP contribution in [0.3, 0.4) is 0 Å². The van der Waals surface area contributed by atoms with Crippen LogP contribution in [0, 0.1) is 5.92 Å². The van der Waals surface area contributed by atoms with Crippen LogP contribution in [0.15, 0.2) is 16.7 Å². The number of hydrogen-bond donors (Lipinski definition) is 1. The summed E-state index contributed by atoms with van der Waals surface area (Å²) in [4.78, 5) is 16.7. The van der Waals surface area contributed by atoms with Gasteiger partial charge in [-0.1, -0.05) is 6.92 Å². The highest BCUT2D eigenvalue weighted by molar-refractivity contribution is 9.10. The minimum atomic E-state index is 0.111. The lowest BCUT2D eigenvalue weighted by molar-refractivity contribution is 0.0783. The molecule has 3 nitrogen and oxygen atoms in total. The second kappa shape index (κ2) is 3.77. The van der Waals surface area contributed by atoms with Crippen molar-refractivity contribution in [1.29, 1.82) is 0 Å². The van der Waals surface area contributed by atoms with Gasteiger partial charge in [0.1, 0.15) is 5.69 Å². The fraction of sp³-hybridized carbons (Fsp3) is 0.500. The van der Waals surface area contributed by atoms with E-state index < -0.39 is 0 Å². The van der Waals surface area contributed by atoms with Gasteiger partial charge in [-0.15, -0.1) is 0 Å². The van der Waals surface area contributed by atoms with Gasteiger partial charge < -0.3 is 9.88 Å². The van der Waals surface area contributed by atoms with Gasteiger partial charge in [0, 0.05) is 23.8 Å². The molecule has 0 aliphatic carbocycles. The molecule has 14 heavy (non-hydrogen) atoms. The summed E-state index contributed by atoms with van der Waals surface area (Å²) in [6.07, 6.45) is 2.90. The van der Waals surface area contributed by atoms with Crippen molar-refractivity contribution in [3.05, 3.63) is 22.4 Å². The predicted molar refractivity (Wildman–Crippen MR) is 58.2 cm³/mol. The maximum Gasteiger partial charge on any atom is 0.270 e. The van der Waals surface area contributed by atoms with Gasteiger partial charge in [-0.25, -0.2) is 0 Å². The molecule has 4 heteroatoms. The quantitative estimate of drug-likeness (QED) is 0.823. The third-order valence-electron chi connectivity index (χ3n) is 2.59. The Bertz CT molecular complexity index is 348. The van der Waals surface area contributed by atoms with E-state index in [1.807, 2.05) is 11.0 Å². The minimum absolute atomic E-state index is 0.111. The molecule has 0 spiro atoms. The molecule has 1 N–H and O–H groups in total. The summed E-state index contributed by atoms with van der Waals surface area (Å²) in [7, 11) is 0. The van der Waals surface area contributed by atoms with Crippen LogP contribution in [0.5, 0.6) is 0 Å². The summed E-state index contributed by atoms with van der Waals surface area (Å²) in [6, 6.07) is 1.82. The standard InChI is InChI=1S/C10H13BrN2O/c1-7-2-3-13(6-7)10(14)9-4-8(11)5-12-9/h4-5,7,12H,2-3,6H2,1H3. The number of H-pyrrole nitrogens is 1. The Kier molecular flexibility index (Phi) is 2.63. The number of nitrogens with zero attached hydrogens (tertiary/aromatic N) is 1. The molecular formula is C10H13BrN2O. The number of aromatic amines is 1. The van der Waals surface area contributed by atoms with Gasteiger partial charge in [0.25, 0.3) is 5.91 Å². The van der Waals surface area contributed by atoms with Crippen LogP contribution in [0.4, 0.5) is 0 Å². The van der Waals surface area contributed by atoms with Gasteiger partial charge in [-0.2, -0.15) is 0 Å². The predicted octanol–water partition coefficient (Wildman–Crippen LogP) is 2.26. The first kappa shape index (κ1) is 9.77. The molecule has 1 aliphatic heterocycles. The summed E-state index contributed by atoms with van der Waals surface area (Å²) in [5, 5.41) is 0. The average Bonchev–Trinajstić information content (AvgIpc) is 2.73. The molecule has 2 heterocycles. The van der Waals surface area contributed by atoms with Crippen molar-refractivity contribution in [2.45, 2.75) is 13.3 Å². The maximum absolute atomic E-state index is 11.9. The molecule has 1 aromatic rings. The molecule has 1 atom stereocenters. The summed E-state index contributed by atoms with van der Waals surface area (Å²) in [5.41, 5.74) is 0.672. The van der Waals surface area contributed by atoms with E-state index >= 15 is 0 Å². The number of likely N-dealkylation sites (tertiary alicyclic amines) is 1. The van der Waals surface area contributed by atoms with Crippen LogP contribution < -0.4 is 0 Å². The van der Waals surface area contributed by atoms with Crippen LogP contribution in [-0.4, -0.2) is 28.9 Å². The molecule has 1 amide bonds. The summed E-state index contributed by atoms with van der Waals surface area (Å²) in [5.74, 6) is 0.748. The van der Waals surface area contributed by atoms with E-state index in [-0.39, 0.29) is 5.91 Å². The Labute approximate surface area is 91.6 Å². The number of hydrogen-bond acceptors (Lipinski definition) is 1. The molecule has 1 aromatic heterocycles. The lowest BCUT2D eigenvalue weighted by Crippen LogP contribution is -2.28. The molecule has 1 saturated heterocycles. The van der Waals surface area contributed by atoms with Crippen LogP contribution in [0.25, 0.3) is 0 Å². The molecule has 0 saturated carbocycles. The third kappa shape index (κ3) is 1.85. The highest BCUT2D eigenvalue weighted by atomic mass is 79.9. The van der Waals surface area contributed by atoms with E-state index in [1.54, 1.807) is 6.20 Å². The maximum atomic E-state index is 11.9. The van der Waals surface area contributed by atoms with Crippen LogP contribution in [0.2, 0.25) is 0 Å². The van der Waals surface area contributed by atoms with E-state index in [9.17, 15) is 4.79 Å². The van der Waals surface area contributed by atoms with Gasteiger partial charge >= 0.3 is 0 Å². The monoisotopic (exact) mass is 256 g/mol. The topological polar surface area (TPSA) is 36.1 Å². The fourth-order valence-corrected chi connectivity index (χ4v) is 2.12. The molecule has 0 aromatic carbocycles. The second-order valence-electron chi connectivity index (χ2n) is 3.88. The molecule has 1 aliphatic rings. The Morgan fingerprint density at radius 2 is 2.50 bits per heavy atom. The van der Waals surface area contributed by atoms with Crippen molar-refractivity contribution < 1.29 is 4.79 Å². The molecule has 2 rings (SSSR count). The largest absolute Gasteiger partial charge is 0.356 e. The van der Waals surface area contributed by atoms with Crippen molar-refractivity contribution in [2.24, 2.45) is 5.92 Å². The number of carbonyl (C=O) groups excluding carboxylic acids is 1. The zero-order valence-electron chi connectivity index (χ0n) is 8.09. The average molecular weight is 257 g/mol. The van der Waals surface area contributed by atoms with E-state index in [0.29, 0.717) is 11.6 Å². The van der Waals surface area contributed by atoms with Crippen molar-refractivity contribution in [1.82, 2.24) is 9.88 Å². The first-order valence-corrected chi connectivity index (χ1v) is 5.59. The number of amides is 1. The first-order chi connectivity index (χ1) is 6.66. The van der Waals surface area contributed by atoms with Crippen molar-refractivity contribution >= 4 is 21.8 Å². The van der Waals surface area contributed by atoms with Gasteiger partial charge in [0.2, 0.25) is 0 Å². The number of carbonyl (C=O) groups is 1. The number of rotatable bonds is 1. The first-order valence-electron chi connectivity index (χ1n) is 4.80. The normalized spacial score (nSPS) is 21.6. The highest BCUT2D eigenvalue weighted by Gasteiger charge is 2.24. The minimum Gasteiger partial charge on any atom is -0.356 e. The highest BCUT2D eigenvalue weighted by Crippen LogP contribution is 2.19. The second-order valence-corrected chi connectivity index (χ2v) is 4.79. The van der Waals surface area contributed by atoms with Crippen molar-refractivity contribution in [3.63, 3.8) is 0 Å². The molecule has 1 fully saturated rings. The molecule has 1 unspecified atom stereocenters. The third-order valence-corrected chi connectivity index (χ3v) is 3.05. The van der Waals surface area contributed by atoms with Crippen LogP contribution in [0.1, 0.15) is 23.8 Å². The Morgan fingerprint density at radius 1 is 1.71 bits per heavy atom. The van der Waals surface area contributed by atoms with Gasteiger partial charge in [0.15, 0.2) is 0 Å². The smallest absolute Gasteiger partial charge is 0.270 e. The van der Waals surface area contributed by atoms with Gasteiger partial charge in [-0.05, 0) is 34.3 Å². The molecule has 0 radical (unpaired) electrons. The molecular weight excluding hydrogens is 244 g/mol. The molecule has 76 valence electrons.